The van der Waals surface area contributed by atoms with Gasteiger partial charge in [0.15, 0.2) is 0 Å². The van der Waals surface area contributed by atoms with Gasteiger partial charge in [0.05, 0.1) is 0 Å². The van der Waals surface area contributed by atoms with E-state index < -0.39 is 0 Å². The molecule has 1 aromatic carbocycles. The monoisotopic (exact) mass is 265 g/mol. The average molecular weight is 265 g/mol. The number of amides is 1. The van der Waals surface area contributed by atoms with Gasteiger partial charge in [-0.05, 0) is 29.7 Å². The molecular weight excluding hydrogens is 246 g/mol. The predicted molar refractivity (Wildman–Crippen MR) is 83.8 cm³/mol. The number of rotatable bonds is 3. The lowest BCUT2D eigenvalue weighted by molar-refractivity contribution is -0.114. The van der Waals surface area contributed by atoms with E-state index in [-0.39, 0.29) is 11.8 Å². The van der Waals surface area contributed by atoms with Gasteiger partial charge in [-0.15, -0.1) is 0 Å². The minimum absolute atomic E-state index is 0.197. The molecule has 102 valence electrons. The Morgan fingerprint density at radius 1 is 1.20 bits per heavy atom. The highest BCUT2D eigenvalue weighted by Gasteiger charge is 2.14. The second-order valence-corrected chi connectivity index (χ2v) is 4.96. The van der Waals surface area contributed by atoms with Crippen LogP contribution in [0.15, 0.2) is 71.9 Å². The van der Waals surface area contributed by atoms with Crippen molar-refractivity contribution in [1.82, 2.24) is 0 Å². The van der Waals surface area contributed by atoms with Crippen molar-refractivity contribution in [1.29, 1.82) is 0 Å². The van der Waals surface area contributed by atoms with Crippen LogP contribution in [0.4, 0.5) is 0 Å². The summed E-state index contributed by atoms with van der Waals surface area (Å²) in [5.74, 6) is -0.190. The zero-order valence-electron chi connectivity index (χ0n) is 11.8. The van der Waals surface area contributed by atoms with Crippen LogP contribution in [0, 0.1) is 5.92 Å². The van der Waals surface area contributed by atoms with E-state index in [9.17, 15) is 4.79 Å². The van der Waals surface area contributed by atoms with Crippen LogP contribution < -0.4 is 5.73 Å². The molecule has 0 saturated carbocycles. The van der Waals surface area contributed by atoms with Crippen molar-refractivity contribution in [2.45, 2.75) is 13.8 Å². The molecule has 2 rings (SSSR count). The molecule has 0 heterocycles. The van der Waals surface area contributed by atoms with Gasteiger partial charge in [-0.1, -0.05) is 61.6 Å². The Kier molecular flexibility index (Phi) is 4.36. The second kappa shape index (κ2) is 6.20. The molecule has 0 bridgehead atoms. The van der Waals surface area contributed by atoms with Crippen LogP contribution in [-0.2, 0) is 4.79 Å². The normalized spacial score (nSPS) is 20.9. The van der Waals surface area contributed by atoms with E-state index in [0.29, 0.717) is 5.57 Å². The van der Waals surface area contributed by atoms with Gasteiger partial charge in [0.1, 0.15) is 0 Å². The molecule has 0 fully saturated rings. The number of benzene rings is 1. The maximum Gasteiger partial charge on any atom is 0.249 e. The molecule has 1 aliphatic rings. The second-order valence-electron chi connectivity index (χ2n) is 4.96. The molecule has 1 aliphatic carbocycles. The van der Waals surface area contributed by atoms with Crippen molar-refractivity contribution in [2.24, 2.45) is 11.7 Å². The molecule has 0 radical (unpaired) electrons. The standard InChI is InChI=1S/C18H19NO/c1-13-8-6-7-11-16(13)17(18(19)20)12-14(2)15-9-4-3-5-10-15/h3-13H,1-2H3,(H2,19,20)/b14-12+,17-16+. The molecular formula is C18H19NO. The van der Waals surface area contributed by atoms with E-state index >= 15 is 0 Å². The summed E-state index contributed by atoms with van der Waals surface area (Å²) in [5.41, 5.74) is 9.23. The maximum absolute atomic E-state index is 11.8. The van der Waals surface area contributed by atoms with E-state index in [1.165, 1.54) is 0 Å². The number of nitrogens with two attached hydrogens (primary N) is 1. The Morgan fingerprint density at radius 2 is 1.90 bits per heavy atom. The molecule has 1 atom stereocenters. The number of primary amides is 1. The topological polar surface area (TPSA) is 43.1 Å². The van der Waals surface area contributed by atoms with Crippen molar-refractivity contribution in [2.75, 3.05) is 0 Å². The van der Waals surface area contributed by atoms with Crippen molar-refractivity contribution in [3.05, 3.63) is 77.4 Å². The van der Waals surface area contributed by atoms with Crippen LogP contribution in [0.5, 0.6) is 0 Å². The molecule has 0 saturated heterocycles. The van der Waals surface area contributed by atoms with E-state index in [1.54, 1.807) is 0 Å². The van der Waals surface area contributed by atoms with Crippen LogP contribution in [0.3, 0.4) is 0 Å². The van der Waals surface area contributed by atoms with Crippen LogP contribution >= 0.6 is 0 Å². The van der Waals surface area contributed by atoms with Gasteiger partial charge in [-0.2, -0.15) is 0 Å². The van der Waals surface area contributed by atoms with Crippen molar-refractivity contribution in [3.8, 4) is 0 Å². The van der Waals surface area contributed by atoms with E-state index in [2.05, 4.69) is 13.0 Å². The van der Waals surface area contributed by atoms with Crippen LogP contribution in [0.1, 0.15) is 19.4 Å². The van der Waals surface area contributed by atoms with Gasteiger partial charge in [0.25, 0.3) is 0 Å². The summed E-state index contributed by atoms with van der Waals surface area (Å²) < 4.78 is 0. The van der Waals surface area contributed by atoms with Crippen molar-refractivity contribution < 1.29 is 4.79 Å². The van der Waals surface area contributed by atoms with Crippen molar-refractivity contribution in [3.63, 3.8) is 0 Å². The molecule has 20 heavy (non-hydrogen) atoms. The lowest BCUT2D eigenvalue weighted by Gasteiger charge is -2.15. The molecule has 1 amide bonds. The third-order valence-electron chi connectivity index (χ3n) is 3.44. The quantitative estimate of drug-likeness (QED) is 0.833. The number of carbonyl (C=O) groups is 1. The SMILES string of the molecule is C/C(=C\C(C(N)=O)=C1\C=CC=CC1C)c1ccccc1. The van der Waals surface area contributed by atoms with E-state index in [4.69, 9.17) is 5.73 Å². The molecule has 1 unspecified atom stereocenters. The Hall–Kier alpha value is -2.35. The Balaban J connectivity index is 2.46. The average Bonchev–Trinajstić information content (AvgIpc) is 2.46. The number of hydrogen-bond acceptors (Lipinski definition) is 1. The highest BCUT2D eigenvalue weighted by atomic mass is 16.1. The molecule has 2 heteroatoms. The fraction of sp³-hybridized carbons (Fsp3) is 0.167. The minimum Gasteiger partial charge on any atom is -0.366 e. The summed E-state index contributed by atoms with van der Waals surface area (Å²) in [7, 11) is 0. The summed E-state index contributed by atoms with van der Waals surface area (Å²) >= 11 is 0. The number of allylic oxidation sites excluding steroid dienone is 6. The summed E-state index contributed by atoms with van der Waals surface area (Å²) in [5, 5.41) is 0. The minimum atomic E-state index is -0.387. The Labute approximate surface area is 120 Å². The third kappa shape index (κ3) is 3.15. The van der Waals surface area contributed by atoms with Crippen molar-refractivity contribution >= 4 is 11.5 Å². The molecule has 1 aromatic rings. The zero-order chi connectivity index (χ0) is 14.5. The van der Waals surface area contributed by atoms with E-state index in [0.717, 1.165) is 16.7 Å². The molecule has 2 N–H and O–H groups in total. The summed E-state index contributed by atoms with van der Waals surface area (Å²) in [6.07, 6.45) is 9.82. The first-order valence-corrected chi connectivity index (χ1v) is 6.72. The van der Waals surface area contributed by atoms with Gasteiger partial charge < -0.3 is 5.73 Å². The van der Waals surface area contributed by atoms with Crippen LogP contribution in [0.25, 0.3) is 5.57 Å². The summed E-state index contributed by atoms with van der Waals surface area (Å²) in [4.78, 5) is 11.8. The smallest absolute Gasteiger partial charge is 0.249 e. The van der Waals surface area contributed by atoms with Gasteiger partial charge >= 0.3 is 0 Å². The first-order valence-electron chi connectivity index (χ1n) is 6.72. The fourth-order valence-electron chi connectivity index (χ4n) is 2.28. The summed E-state index contributed by atoms with van der Waals surface area (Å²) in [6, 6.07) is 9.98. The zero-order valence-corrected chi connectivity index (χ0v) is 11.8. The van der Waals surface area contributed by atoms with Gasteiger partial charge in [0, 0.05) is 11.5 Å². The lowest BCUT2D eigenvalue weighted by Crippen LogP contribution is -2.16. The van der Waals surface area contributed by atoms with Gasteiger partial charge in [-0.25, -0.2) is 0 Å². The summed E-state index contributed by atoms with van der Waals surface area (Å²) in [6.45, 7) is 4.05. The first-order chi connectivity index (χ1) is 9.59. The third-order valence-corrected chi connectivity index (χ3v) is 3.44. The Bertz CT molecular complexity index is 618. The lowest BCUT2D eigenvalue weighted by atomic mass is 9.90. The number of carbonyl (C=O) groups excluding carboxylic acids is 1. The van der Waals surface area contributed by atoms with Gasteiger partial charge in [0.2, 0.25) is 5.91 Å². The van der Waals surface area contributed by atoms with Crippen LogP contribution in [0.2, 0.25) is 0 Å². The van der Waals surface area contributed by atoms with Crippen LogP contribution in [-0.4, -0.2) is 5.91 Å². The molecule has 2 nitrogen and oxygen atoms in total. The maximum atomic E-state index is 11.8. The Morgan fingerprint density at radius 3 is 2.50 bits per heavy atom. The predicted octanol–water partition coefficient (Wildman–Crippen LogP) is 3.63. The molecule has 0 aromatic heterocycles. The first kappa shape index (κ1) is 14.1. The fourth-order valence-corrected chi connectivity index (χ4v) is 2.28. The van der Waals surface area contributed by atoms with Gasteiger partial charge in [-0.3, -0.25) is 4.79 Å². The highest BCUT2D eigenvalue weighted by molar-refractivity contribution is 5.98. The van der Waals surface area contributed by atoms with E-state index in [1.807, 2.05) is 61.6 Å². The largest absolute Gasteiger partial charge is 0.366 e. The highest BCUT2D eigenvalue weighted by Crippen LogP contribution is 2.25. The number of hydrogen-bond donors (Lipinski definition) is 1. The molecule has 0 spiro atoms. The molecule has 0 aliphatic heterocycles.